The van der Waals surface area contributed by atoms with Gasteiger partial charge < -0.3 is 5.11 Å². The lowest BCUT2D eigenvalue weighted by molar-refractivity contribution is 0.433. The third kappa shape index (κ3) is 2.44. The molecule has 0 amide bonds. The van der Waals surface area contributed by atoms with Crippen LogP contribution < -0.4 is 0 Å². The fourth-order valence-electron chi connectivity index (χ4n) is 1.66. The number of pyridine rings is 1. The number of nitrogens with zero attached hydrogens (tertiary/aromatic N) is 1. The van der Waals surface area contributed by atoms with Crippen molar-refractivity contribution in [3.8, 4) is 5.88 Å². The average molecular weight is 179 g/mol. The molecule has 0 aliphatic heterocycles. The van der Waals surface area contributed by atoms with Crippen molar-refractivity contribution in [2.24, 2.45) is 0 Å². The Morgan fingerprint density at radius 2 is 2.23 bits per heavy atom. The van der Waals surface area contributed by atoms with E-state index in [2.05, 4.69) is 18.8 Å². The molecule has 1 atom stereocenters. The molecule has 1 unspecified atom stereocenters. The Kier molecular flexibility index (Phi) is 3.74. The molecule has 1 aromatic heterocycles. The quantitative estimate of drug-likeness (QED) is 0.770. The van der Waals surface area contributed by atoms with Crippen LogP contribution in [0.3, 0.4) is 0 Å². The van der Waals surface area contributed by atoms with Crippen molar-refractivity contribution in [2.75, 3.05) is 0 Å². The largest absolute Gasteiger partial charge is 0.493 e. The molecular weight excluding hydrogens is 162 g/mol. The summed E-state index contributed by atoms with van der Waals surface area (Å²) >= 11 is 0. The molecule has 0 aliphatic rings. The molecule has 1 N–H and O–H groups in total. The minimum Gasteiger partial charge on any atom is -0.493 e. The summed E-state index contributed by atoms with van der Waals surface area (Å²) in [5, 5.41) is 9.53. The number of rotatable bonds is 4. The Morgan fingerprint density at radius 3 is 2.77 bits per heavy atom. The van der Waals surface area contributed by atoms with Crippen molar-refractivity contribution in [3.63, 3.8) is 0 Å². The van der Waals surface area contributed by atoms with Gasteiger partial charge in [-0.2, -0.15) is 0 Å². The highest BCUT2D eigenvalue weighted by atomic mass is 16.3. The van der Waals surface area contributed by atoms with Crippen molar-refractivity contribution < 1.29 is 5.11 Å². The van der Waals surface area contributed by atoms with E-state index in [4.69, 9.17) is 0 Å². The topological polar surface area (TPSA) is 33.1 Å². The SMILES string of the molecule is CCCC(CC)c1cccnc1O. The second-order valence-corrected chi connectivity index (χ2v) is 3.31. The molecule has 0 aromatic carbocycles. The fourth-order valence-corrected chi connectivity index (χ4v) is 1.66. The fraction of sp³-hybridized carbons (Fsp3) is 0.545. The van der Waals surface area contributed by atoms with Crippen molar-refractivity contribution >= 4 is 0 Å². The summed E-state index contributed by atoms with van der Waals surface area (Å²) in [5.74, 6) is 0.654. The summed E-state index contributed by atoms with van der Waals surface area (Å²) in [4.78, 5) is 3.89. The molecule has 1 aromatic rings. The van der Waals surface area contributed by atoms with E-state index in [9.17, 15) is 5.11 Å². The second kappa shape index (κ2) is 4.85. The van der Waals surface area contributed by atoms with Crippen LogP contribution in [-0.2, 0) is 0 Å². The maximum atomic E-state index is 9.53. The molecular formula is C11H17NO. The molecule has 0 aliphatic carbocycles. The molecule has 0 bridgehead atoms. The van der Waals surface area contributed by atoms with Gasteiger partial charge >= 0.3 is 0 Å². The molecule has 0 saturated carbocycles. The Balaban J connectivity index is 2.84. The molecule has 72 valence electrons. The highest BCUT2D eigenvalue weighted by Crippen LogP contribution is 2.29. The normalized spacial score (nSPS) is 12.8. The van der Waals surface area contributed by atoms with Crippen molar-refractivity contribution in [2.45, 2.75) is 39.0 Å². The Bertz CT molecular complexity index is 260. The zero-order valence-electron chi connectivity index (χ0n) is 8.33. The molecule has 13 heavy (non-hydrogen) atoms. The predicted molar refractivity (Wildman–Crippen MR) is 53.8 cm³/mol. The maximum Gasteiger partial charge on any atom is 0.214 e. The minimum absolute atomic E-state index is 0.197. The van der Waals surface area contributed by atoms with E-state index in [-0.39, 0.29) is 5.88 Å². The standard InChI is InChI=1S/C11H17NO/c1-3-6-9(4-2)10-7-5-8-12-11(10)13/h5,7-9H,3-4,6H2,1-2H3,(H,12,13). The number of hydrogen-bond acceptors (Lipinski definition) is 2. The summed E-state index contributed by atoms with van der Waals surface area (Å²) in [6, 6.07) is 3.85. The van der Waals surface area contributed by atoms with Crippen LogP contribution >= 0.6 is 0 Å². The Labute approximate surface area is 79.6 Å². The third-order valence-electron chi connectivity index (χ3n) is 2.39. The number of aromatic hydroxyl groups is 1. The van der Waals surface area contributed by atoms with Gasteiger partial charge in [0.05, 0.1) is 0 Å². The van der Waals surface area contributed by atoms with Gasteiger partial charge in [-0.15, -0.1) is 0 Å². The van der Waals surface area contributed by atoms with Gasteiger partial charge in [-0.25, -0.2) is 4.98 Å². The highest BCUT2D eigenvalue weighted by Gasteiger charge is 2.12. The first-order valence-corrected chi connectivity index (χ1v) is 4.93. The lowest BCUT2D eigenvalue weighted by atomic mass is 9.93. The molecule has 1 heterocycles. The van der Waals surface area contributed by atoms with Gasteiger partial charge in [-0.05, 0) is 24.8 Å². The van der Waals surface area contributed by atoms with E-state index in [0.717, 1.165) is 24.8 Å². The maximum absolute atomic E-state index is 9.53. The molecule has 0 saturated heterocycles. The highest BCUT2D eigenvalue weighted by molar-refractivity contribution is 5.27. The first-order valence-electron chi connectivity index (χ1n) is 4.93. The summed E-state index contributed by atoms with van der Waals surface area (Å²) in [5.41, 5.74) is 0.992. The lowest BCUT2D eigenvalue weighted by Gasteiger charge is -2.14. The summed E-state index contributed by atoms with van der Waals surface area (Å²) < 4.78 is 0. The van der Waals surface area contributed by atoms with Crippen LogP contribution in [0, 0.1) is 0 Å². The number of aromatic nitrogens is 1. The van der Waals surface area contributed by atoms with E-state index in [1.165, 1.54) is 0 Å². The monoisotopic (exact) mass is 179 g/mol. The van der Waals surface area contributed by atoms with Crippen LogP contribution in [-0.4, -0.2) is 10.1 Å². The van der Waals surface area contributed by atoms with Gasteiger partial charge in [-0.3, -0.25) is 0 Å². The predicted octanol–water partition coefficient (Wildman–Crippen LogP) is 3.08. The number of hydrogen-bond donors (Lipinski definition) is 1. The zero-order valence-corrected chi connectivity index (χ0v) is 8.33. The first kappa shape index (κ1) is 10.0. The van der Waals surface area contributed by atoms with Gasteiger partial charge in [0.2, 0.25) is 5.88 Å². The summed E-state index contributed by atoms with van der Waals surface area (Å²) in [7, 11) is 0. The molecule has 2 heteroatoms. The molecule has 1 rings (SSSR count). The van der Waals surface area contributed by atoms with Crippen LogP contribution in [0.1, 0.15) is 44.6 Å². The molecule has 0 spiro atoms. The van der Waals surface area contributed by atoms with Gasteiger partial charge in [0.15, 0.2) is 0 Å². The summed E-state index contributed by atoms with van der Waals surface area (Å²) in [6.45, 7) is 4.31. The van der Waals surface area contributed by atoms with Gasteiger partial charge in [0.25, 0.3) is 0 Å². The van der Waals surface area contributed by atoms with Gasteiger partial charge in [0.1, 0.15) is 0 Å². The van der Waals surface area contributed by atoms with E-state index in [1.807, 2.05) is 12.1 Å². The van der Waals surface area contributed by atoms with E-state index < -0.39 is 0 Å². The second-order valence-electron chi connectivity index (χ2n) is 3.31. The van der Waals surface area contributed by atoms with Crippen LogP contribution in [0.2, 0.25) is 0 Å². The Hall–Kier alpha value is -1.05. The van der Waals surface area contributed by atoms with Crippen molar-refractivity contribution in [1.82, 2.24) is 4.98 Å². The first-order chi connectivity index (χ1) is 6.29. The molecule has 0 fully saturated rings. The van der Waals surface area contributed by atoms with Gasteiger partial charge in [-0.1, -0.05) is 26.3 Å². The zero-order chi connectivity index (χ0) is 9.68. The van der Waals surface area contributed by atoms with Crippen LogP contribution in [0.25, 0.3) is 0 Å². The third-order valence-corrected chi connectivity index (χ3v) is 2.39. The van der Waals surface area contributed by atoms with Gasteiger partial charge in [0, 0.05) is 11.8 Å². The van der Waals surface area contributed by atoms with Crippen LogP contribution in [0.15, 0.2) is 18.3 Å². The molecule has 2 nitrogen and oxygen atoms in total. The molecule has 0 radical (unpaired) electrons. The van der Waals surface area contributed by atoms with Crippen molar-refractivity contribution in [1.29, 1.82) is 0 Å². The van der Waals surface area contributed by atoms with Crippen molar-refractivity contribution in [3.05, 3.63) is 23.9 Å². The van der Waals surface area contributed by atoms with E-state index in [0.29, 0.717) is 5.92 Å². The lowest BCUT2D eigenvalue weighted by Crippen LogP contribution is -1.97. The average Bonchev–Trinajstić information content (AvgIpc) is 2.16. The Morgan fingerprint density at radius 1 is 1.46 bits per heavy atom. The van der Waals surface area contributed by atoms with E-state index in [1.54, 1.807) is 6.20 Å². The van der Waals surface area contributed by atoms with E-state index >= 15 is 0 Å². The van der Waals surface area contributed by atoms with Crippen LogP contribution in [0.4, 0.5) is 0 Å². The minimum atomic E-state index is 0.197. The summed E-state index contributed by atoms with van der Waals surface area (Å²) in [6.07, 6.45) is 4.95. The smallest absolute Gasteiger partial charge is 0.214 e. The van der Waals surface area contributed by atoms with Crippen LogP contribution in [0.5, 0.6) is 5.88 Å².